The van der Waals surface area contributed by atoms with Crippen LogP contribution >= 0.6 is 0 Å². The first-order chi connectivity index (χ1) is 11.2. The fourth-order valence-corrected chi connectivity index (χ4v) is 3.19. The molecule has 2 aromatic carbocycles. The summed E-state index contributed by atoms with van der Waals surface area (Å²) < 4.78 is 0. The summed E-state index contributed by atoms with van der Waals surface area (Å²) in [4.78, 5) is 11.4. The number of hydrogen-bond donors (Lipinski definition) is 1. The van der Waals surface area contributed by atoms with E-state index in [4.69, 9.17) is 0 Å². The van der Waals surface area contributed by atoms with Gasteiger partial charge in [-0.15, -0.1) is 0 Å². The van der Waals surface area contributed by atoms with Gasteiger partial charge in [-0.1, -0.05) is 58.0 Å². The summed E-state index contributed by atoms with van der Waals surface area (Å²) in [6.45, 7) is 12.8. The van der Waals surface area contributed by atoms with Crippen LogP contribution in [0.15, 0.2) is 30.3 Å². The lowest BCUT2D eigenvalue weighted by atomic mass is 9.84. The average molecular weight is 324 g/mol. The summed E-state index contributed by atoms with van der Waals surface area (Å²) >= 11 is 0. The Kier molecular flexibility index (Phi) is 5.48. The Hall–Kier alpha value is -2.09. The number of carboxylic acid groups (broad SMARTS) is 1. The Labute approximate surface area is 145 Å². The number of carboxylic acids is 1. The Balaban J connectivity index is 2.70. The van der Waals surface area contributed by atoms with Crippen molar-refractivity contribution in [3.05, 3.63) is 58.1 Å². The van der Waals surface area contributed by atoms with Crippen LogP contribution in [0.2, 0.25) is 0 Å². The normalized spacial score (nSPS) is 11.3. The third kappa shape index (κ3) is 3.87. The lowest BCUT2D eigenvalue weighted by Crippen LogP contribution is -2.10. The van der Waals surface area contributed by atoms with Crippen molar-refractivity contribution in [2.24, 2.45) is 0 Å². The Morgan fingerprint density at radius 3 is 1.83 bits per heavy atom. The zero-order valence-electron chi connectivity index (χ0n) is 15.6. The molecule has 2 aromatic rings. The van der Waals surface area contributed by atoms with Gasteiger partial charge < -0.3 is 5.11 Å². The highest BCUT2D eigenvalue weighted by Gasteiger charge is 2.18. The summed E-state index contributed by atoms with van der Waals surface area (Å²) in [7, 11) is 0. The van der Waals surface area contributed by atoms with Crippen molar-refractivity contribution < 1.29 is 9.90 Å². The fraction of sp³-hybridized carbons (Fsp3) is 0.409. The van der Waals surface area contributed by atoms with Crippen LogP contribution in [0.4, 0.5) is 0 Å². The van der Waals surface area contributed by atoms with Gasteiger partial charge in [-0.25, -0.2) is 0 Å². The molecule has 0 fully saturated rings. The summed E-state index contributed by atoms with van der Waals surface area (Å²) in [5.74, 6) is -0.176. The summed E-state index contributed by atoms with van der Waals surface area (Å²) in [5, 5.41) is 9.33. The SMILES string of the molecule is Cc1ccc(-c2cc(C(C)C)c(CC(=O)O)c(C(C)C)c2)cc1C. The van der Waals surface area contributed by atoms with Gasteiger partial charge in [0.2, 0.25) is 0 Å². The van der Waals surface area contributed by atoms with Crippen molar-refractivity contribution >= 4 is 5.97 Å². The van der Waals surface area contributed by atoms with Gasteiger partial charge in [-0.05, 0) is 64.6 Å². The van der Waals surface area contributed by atoms with Crippen molar-refractivity contribution in [2.45, 2.75) is 59.8 Å². The minimum absolute atomic E-state index is 0.0915. The maximum absolute atomic E-state index is 11.4. The quantitative estimate of drug-likeness (QED) is 0.749. The molecule has 0 heterocycles. The average Bonchev–Trinajstić information content (AvgIpc) is 2.49. The van der Waals surface area contributed by atoms with E-state index in [-0.39, 0.29) is 6.42 Å². The molecule has 128 valence electrons. The first-order valence-electron chi connectivity index (χ1n) is 8.66. The number of carbonyl (C=O) groups is 1. The summed E-state index contributed by atoms with van der Waals surface area (Å²) in [6, 6.07) is 10.9. The van der Waals surface area contributed by atoms with Crippen LogP contribution in [0.3, 0.4) is 0 Å². The zero-order valence-corrected chi connectivity index (χ0v) is 15.6. The van der Waals surface area contributed by atoms with Gasteiger partial charge >= 0.3 is 5.97 Å². The van der Waals surface area contributed by atoms with Crippen LogP contribution < -0.4 is 0 Å². The molecule has 0 aromatic heterocycles. The topological polar surface area (TPSA) is 37.3 Å². The third-order valence-electron chi connectivity index (χ3n) is 4.73. The van der Waals surface area contributed by atoms with Crippen LogP contribution in [0, 0.1) is 13.8 Å². The van der Waals surface area contributed by atoms with Gasteiger partial charge in [0.25, 0.3) is 0 Å². The minimum atomic E-state index is -0.766. The molecule has 0 saturated carbocycles. The molecular weight excluding hydrogens is 296 g/mol. The predicted molar refractivity (Wildman–Crippen MR) is 101 cm³/mol. The fourth-order valence-electron chi connectivity index (χ4n) is 3.19. The molecule has 0 atom stereocenters. The van der Waals surface area contributed by atoms with Crippen molar-refractivity contribution in [2.75, 3.05) is 0 Å². The molecule has 0 saturated heterocycles. The van der Waals surface area contributed by atoms with Gasteiger partial charge in [0.05, 0.1) is 6.42 Å². The van der Waals surface area contributed by atoms with E-state index in [9.17, 15) is 9.90 Å². The highest BCUT2D eigenvalue weighted by molar-refractivity contribution is 5.74. The highest BCUT2D eigenvalue weighted by Crippen LogP contribution is 2.34. The monoisotopic (exact) mass is 324 g/mol. The number of rotatable bonds is 5. The van der Waals surface area contributed by atoms with Gasteiger partial charge in [0, 0.05) is 0 Å². The van der Waals surface area contributed by atoms with Crippen molar-refractivity contribution in [1.82, 2.24) is 0 Å². The van der Waals surface area contributed by atoms with E-state index in [1.54, 1.807) is 0 Å². The van der Waals surface area contributed by atoms with Crippen LogP contribution in [0.25, 0.3) is 11.1 Å². The Morgan fingerprint density at radius 2 is 1.42 bits per heavy atom. The van der Waals surface area contributed by atoms with E-state index in [0.29, 0.717) is 11.8 Å². The van der Waals surface area contributed by atoms with Crippen LogP contribution in [0.1, 0.15) is 67.3 Å². The van der Waals surface area contributed by atoms with Gasteiger partial charge in [0.15, 0.2) is 0 Å². The first-order valence-corrected chi connectivity index (χ1v) is 8.66. The molecule has 2 rings (SSSR count). The van der Waals surface area contributed by atoms with E-state index >= 15 is 0 Å². The van der Waals surface area contributed by atoms with Crippen LogP contribution in [-0.2, 0) is 11.2 Å². The molecule has 0 aliphatic heterocycles. The number of aryl methyl sites for hydroxylation is 2. The van der Waals surface area contributed by atoms with Crippen molar-refractivity contribution in [3.63, 3.8) is 0 Å². The molecule has 0 unspecified atom stereocenters. The highest BCUT2D eigenvalue weighted by atomic mass is 16.4. The second-order valence-corrected chi connectivity index (χ2v) is 7.31. The van der Waals surface area contributed by atoms with E-state index in [0.717, 1.165) is 16.7 Å². The zero-order chi connectivity index (χ0) is 18.0. The van der Waals surface area contributed by atoms with Gasteiger partial charge in [-0.3, -0.25) is 4.79 Å². The Bertz CT molecular complexity index is 726. The number of hydrogen-bond acceptors (Lipinski definition) is 1. The van der Waals surface area contributed by atoms with Crippen LogP contribution in [0.5, 0.6) is 0 Å². The molecule has 0 aliphatic rings. The maximum atomic E-state index is 11.4. The second-order valence-electron chi connectivity index (χ2n) is 7.31. The lowest BCUT2D eigenvalue weighted by Gasteiger charge is -2.21. The van der Waals surface area contributed by atoms with Crippen molar-refractivity contribution in [1.29, 1.82) is 0 Å². The molecule has 0 spiro atoms. The molecule has 2 nitrogen and oxygen atoms in total. The largest absolute Gasteiger partial charge is 0.481 e. The predicted octanol–water partition coefficient (Wildman–Crippen LogP) is 5.84. The molecule has 0 bridgehead atoms. The maximum Gasteiger partial charge on any atom is 0.307 e. The standard InChI is InChI=1S/C22H28O2/c1-13(2)19-10-18(17-8-7-15(5)16(6)9-17)11-20(14(3)4)21(19)12-22(23)24/h7-11,13-14H,12H2,1-6H3,(H,23,24). The third-order valence-corrected chi connectivity index (χ3v) is 4.73. The van der Waals surface area contributed by atoms with E-state index in [1.165, 1.54) is 22.3 Å². The summed E-state index contributed by atoms with van der Waals surface area (Å²) in [6.07, 6.45) is 0.0915. The molecule has 0 radical (unpaired) electrons. The van der Waals surface area contributed by atoms with E-state index in [1.807, 2.05) is 0 Å². The number of benzene rings is 2. The molecule has 0 amide bonds. The van der Waals surface area contributed by atoms with Gasteiger partial charge in [0.1, 0.15) is 0 Å². The molecule has 0 aliphatic carbocycles. The van der Waals surface area contributed by atoms with E-state index < -0.39 is 5.97 Å². The lowest BCUT2D eigenvalue weighted by molar-refractivity contribution is -0.136. The molecule has 1 N–H and O–H groups in total. The minimum Gasteiger partial charge on any atom is -0.481 e. The van der Waals surface area contributed by atoms with E-state index in [2.05, 4.69) is 71.9 Å². The smallest absolute Gasteiger partial charge is 0.307 e. The number of aliphatic carboxylic acids is 1. The van der Waals surface area contributed by atoms with Crippen molar-refractivity contribution in [3.8, 4) is 11.1 Å². The molecule has 2 heteroatoms. The summed E-state index contributed by atoms with van der Waals surface area (Å²) in [5.41, 5.74) is 8.23. The van der Waals surface area contributed by atoms with Crippen LogP contribution in [-0.4, -0.2) is 11.1 Å². The van der Waals surface area contributed by atoms with Gasteiger partial charge in [-0.2, -0.15) is 0 Å². The first kappa shape index (κ1) is 18.3. The molecular formula is C22H28O2. The molecule has 24 heavy (non-hydrogen) atoms. The second kappa shape index (κ2) is 7.21. The Morgan fingerprint density at radius 1 is 0.875 bits per heavy atom.